The lowest BCUT2D eigenvalue weighted by Crippen LogP contribution is -2.00. The summed E-state index contributed by atoms with van der Waals surface area (Å²) in [4.78, 5) is 0. The van der Waals surface area contributed by atoms with E-state index in [0.29, 0.717) is 0 Å². The lowest BCUT2D eigenvalue weighted by Gasteiger charge is -1.96. The summed E-state index contributed by atoms with van der Waals surface area (Å²) in [6.45, 7) is 4.28. The molecule has 1 nitrogen and oxygen atoms in total. The fourth-order valence-corrected chi connectivity index (χ4v) is 3.43. The number of allylic oxidation sites excluding steroid dienone is 4. The van der Waals surface area contributed by atoms with Crippen LogP contribution >= 0.6 is 0 Å². The van der Waals surface area contributed by atoms with Crippen LogP contribution in [0.2, 0.25) is 13.1 Å². The van der Waals surface area contributed by atoms with Gasteiger partial charge in [-0.2, -0.15) is 0 Å². The van der Waals surface area contributed by atoms with Crippen molar-refractivity contribution in [1.29, 1.82) is 0 Å². The molecule has 4 rings (SSSR count). The van der Waals surface area contributed by atoms with Crippen molar-refractivity contribution in [3.63, 3.8) is 0 Å². The molecule has 4 aliphatic carbocycles. The van der Waals surface area contributed by atoms with E-state index < -0.39 is 9.04 Å². The molecule has 0 aromatic heterocycles. The fourth-order valence-electron chi connectivity index (χ4n) is 3.43. The van der Waals surface area contributed by atoms with Gasteiger partial charge in [-0.05, 0) is 75.3 Å². The van der Waals surface area contributed by atoms with Gasteiger partial charge >= 0.3 is 0 Å². The Hall–Kier alpha value is -0.343. The molecule has 2 fully saturated rings. The highest BCUT2D eigenvalue weighted by Crippen LogP contribution is 2.38. The minimum absolute atomic E-state index is 0.650. The molecular formula is C17H30OSi. The van der Waals surface area contributed by atoms with Crippen LogP contribution in [0.5, 0.6) is 0 Å². The molecule has 0 N–H and O–H groups in total. The summed E-state index contributed by atoms with van der Waals surface area (Å²) in [5, 5.41) is 0. The monoisotopic (exact) mass is 278 g/mol. The molecule has 0 spiro atoms. The summed E-state index contributed by atoms with van der Waals surface area (Å²) >= 11 is 0. The summed E-state index contributed by atoms with van der Waals surface area (Å²) in [6, 6.07) is 0. The van der Waals surface area contributed by atoms with E-state index in [1.54, 1.807) is 7.11 Å². The van der Waals surface area contributed by atoms with Gasteiger partial charge in [0.1, 0.15) is 0 Å². The maximum absolute atomic E-state index is 4.89. The van der Waals surface area contributed by atoms with E-state index in [-0.39, 0.29) is 0 Å². The van der Waals surface area contributed by atoms with Crippen molar-refractivity contribution in [2.45, 2.75) is 51.6 Å². The molecule has 0 amide bonds. The minimum atomic E-state index is -0.650. The normalized spacial score (nSPS) is 36.2. The fraction of sp³-hybridized carbons (Fsp3) is 0.765. The second-order valence-electron chi connectivity index (χ2n) is 6.72. The van der Waals surface area contributed by atoms with E-state index in [1.807, 2.05) is 0 Å². The van der Waals surface area contributed by atoms with Gasteiger partial charge in [0.05, 0.1) is 0 Å². The Morgan fingerprint density at radius 2 is 1.00 bits per heavy atom. The zero-order valence-electron chi connectivity index (χ0n) is 12.8. The van der Waals surface area contributed by atoms with Crippen molar-refractivity contribution in [3.05, 3.63) is 24.3 Å². The highest BCUT2D eigenvalue weighted by atomic mass is 28.3. The predicted octanol–water partition coefficient (Wildman–Crippen LogP) is 4.56. The quantitative estimate of drug-likeness (QED) is 0.504. The molecule has 2 saturated carbocycles. The van der Waals surface area contributed by atoms with Gasteiger partial charge in [0, 0.05) is 7.11 Å². The SMILES string of the molecule is C1=CC2CCC1C2.C1=CC2CCC1C2.CO[SiH](C)C. The van der Waals surface area contributed by atoms with Gasteiger partial charge in [-0.3, -0.25) is 0 Å². The molecule has 0 aromatic rings. The minimum Gasteiger partial charge on any atom is -0.424 e. The maximum atomic E-state index is 4.89. The average molecular weight is 279 g/mol. The molecule has 108 valence electrons. The van der Waals surface area contributed by atoms with Gasteiger partial charge in [-0.15, -0.1) is 0 Å². The molecule has 2 heteroatoms. The Labute approximate surface area is 120 Å². The second kappa shape index (κ2) is 7.44. The Morgan fingerprint density at radius 1 is 0.737 bits per heavy atom. The standard InChI is InChI=1S/2C7H10.C3H10OSi/c2*1-2-7-4-3-6(1)5-7;1-4-5(2)3/h2*1-2,6-7H,3-5H2;5H,1-3H3. The molecule has 4 atom stereocenters. The highest BCUT2D eigenvalue weighted by Gasteiger charge is 2.25. The lowest BCUT2D eigenvalue weighted by molar-refractivity contribution is 0.430. The van der Waals surface area contributed by atoms with Crippen LogP contribution in [-0.2, 0) is 4.43 Å². The summed E-state index contributed by atoms with van der Waals surface area (Å²) < 4.78 is 4.89. The first-order chi connectivity index (χ1) is 9.17. The Bertz CT molecular complexity index is 269. The van der Waals surface area contributed by atoms with E-state index >= 15 is 0 Å². The molecule has 4 unspecified atom stereocenters. The third-order valence-corrected chi connectivity index (χ3v) is 5.75. The Balaban J connectivity index is 0.000000108. The van der Waals surface area contributed by atoms with Crippen molar-refractivity contribution < 1.29 is 4.43 Å². The molecule has 0 heterocycles. The van der Waals surface area contributed by atoms with Crippen LogP contribution in [0.15, 0.2) is 24.3 Å². The van der Waals surface area contributed by atoms with Crippen LogP contribution in [0.3, 0.4) is 0 Å². The van der Waals surface area contributed by atoms with Crippen LogP contribution < -0.4 is 0 Å². The number of fused-ring (bicyclic) bond motifs is 4. The summed E-state index contributed by atoms with van der Waals surface area (Å²) in [5.41, 5.74) is 0. The zero-order chi connectivity index (χ0) is 13.7. The smallest absolute Gasteiger partial charge is 0.170 e. The third-order valence-electron chi connectivity index (χ3n) is 4.81. The van der Waals surface area contributed by atoms with Crippen molar-refractivity contribution in [1.82, 2.24) is 0 Å². The van der Waals surface area contributed by atoms with Gasteiger partial charge in [0.15, 0.2) is 9.04 Å². The van der Waals surface area contributed by atoms with E-state index in [1.165, 1.54) is 38.5 Å². The summed E-state index contributed by atoms with van der Waals surface area (Å²) in [7, 11) is 1.11. The summed E-state index contributed by atoms with van der Waals surface area (Å²) in [5.74, 6) is 3.96. The van der Waals surface area contributed by atoms with Crippen LogP contribution in [-0.4, -0.2) is 16.2 Å². The van der Waals surface area contributed by atoms with Crippen LogP contribution in [0.4, 0.5) is 0 Å². The highest BCUT2D eigenvalue weighted by molar-refractivity contribution is 6.48. The molecule has 4 bridgehead atoms. The molecule has 0 aliphatic heterocycles. The van der Waals surface area contributed by atoms with E-state index in [0.717, 1.165) is 23.7 Å². The van der Waals surface area contributed by atoms with Crippen LogP contribution in [0, 0.1) is 23.7 Å². The molecule has 0 saturated heterocycles. The Kier molecular flexibility index (Phi) is 5.90. The zero-order valence-corrected chi connectivity index (χ0v) is 14.0. The molecule has 19 heavy (non-hydrogen) atoms. The average Bonchev–Trinajstić information content (AvgIpc) is 3.21. The number of hydrogen-bond donors (Lipinski definition) is 0. The van der Waals surface area contributed by atoms with E-state index in [4.69, 9.17) is 4.43 Å². The van der Waals surface area contributed by atoms with Crippen LogP contribution in [0.1, 0.15) is 38.5 Å². The van der Waals surface area contributed by atoms with Gasteiger partial charge in [-0.1, -0.05) is 24.3 Å². The number of hydrogen-bond acceptors (Lipinski definition) is 1. The summed E-state index contributed by atoms with van der Waals surface area (Å²) in [6.07, 6.45) is 18.4. The molecule has 4 aliphatic rings. The van der Waals surface area contributed by atoms with E-state index in [9.17, 15) is 0 Å². The lowest BCUT2D eigenvalue weighted by atomic mass is 10.1. The Morgan fingerprint density at radius 3 is 1.05 bits per heavy atom. The van der Waals surface area contributed by atoms with Crippen molar-refractivity contribution in [2.24, 2.45) is 23.7 Å². The van der Waals surface area contributed by atoms with Gasteiger partial charge < -0.3 is 4.43 Å². The van der Waals surface area contributed by atoms with Gasteiger partial charge in [-0.25, -0.2) is 0 Å². The molecular weight excluding hydrogens is 248 g/mol. The predicted molar refractivity (Wildman–Crippen MR) is 85.8 cm³/mol. The first-order valence-corrected chi connectivity index (χ1v) is 10.8. The second-order valence-corrected chi connectivity index (χ2v) is 9.29. The molecule has 0 radical (unpaired) electrons. The first kappa shape index (κ1) is 15.1. The van der Waals surface area contributed by atoms with Crippen molar-refractivity contribution in [3.8, 4) is 0 Å². The third kappa shape index (κ3) is 4.92. The first-order valence-electron chi connectivity index (χ1n) is 8.06. The topological polar surface area (TPSA) is 9.23 Å². The van der Waals surface area contributed by atoms with Crippen LogP contribution in [0.25, 0.3) is 0 Å². The van der Waals surface area contributed by atoms with E-state index in [2.05, 4.69) is 37.4 Å². The largest absolute Gasteiger partial charge is 0.424 e. The van der Waals surface area contributed by atoms with Crippen molar-refractivity contribution in [2.75, 3.05) is 7.11 Å². The van der Waals surface area contributed by atoms with Gasteiger partial charge in [0.2, 0.25) is 0 Å². The molecule has 0 aromatic carbocycles. The number of rotatable bonds is 1. The van der Waals surface area contributed by atoms with Crippen molar-refractivity contribution >= 4 is 9.04 Å². The van der Waals surface area contributed by atoms with Gasteiger partial charge in [0.25, 0.3) is 0 Å². The maximum Gasteiger partial charge on any atom is 0.170 e.